The fourth-order valence-electron chi connectivity index (χ4n) is 6.26. The van der Waals surface area contributed by atoms with Crippen LogP contribution in [0, 0.1) is 17.9 Å². The van der Waals surface area contributed by atoms with Crippen LogP contribution in [0.15, 0.2) is 64.2 Å². The van der Waals surface area contributed by atoms with E-state index in [1.54, 1.807) is 48.5 Å². The number of nitrogens with one attached hydrogen (secondary N) is 1. The molecule has 4 aromatic rings. The molecule has 0 aliphatic rings. The van der Waals surface area contributed by atoms with Crippen molar-refractivity contribution in [3.05, 3.63) is 82.5 Å². The van der Waals surface area contributed by atoms with Gasteiger partial charge in [-0.15, -0.1) is 0 Å². The Hall–Kier alpha value is -6.06. The summed E-state index contributed by atoms with van der Waals surface area (Å²) >= 11 is 7.21. The van der Waals surface area contributed by atoms with E-state index < -0.39 is 36.0 Å². The van der Waals surface area contributed by atoms with E-state index in [4.69, 9.17) is 65.5 Å². The molecular weight excluding hydrogens is 876 g/mol. The maximum absolute atomic E-state index is 12.9. The van der Waals surface area contributed by atoms with Crippen molar-refractivity contribution in [1.29, 1.82) is 5.26 Å². The number of pyridine rings is 1. The highest BCUT2D eigenvalue weighted by Crippen LogP contribution is 2.42. The summed E-state index contributed by atoms with van der Waals surface area (Å²) in [6.45, 7) is 8.24. The van der Waals surface area contributed by atoms with Crippen LogP contribution in [-0.4, -0.2) is 84.6 Å². The average molecular weight is 932 g/mol. The van der Waals surface area contributed by atoms with Crippen molar-refractivity contribution in [3.8, 4) is 34.4 Å². The van der Waals surface area contributed by atoms with Gasteiger partial charge < -0.3 is 52.6 Å². The van der Waals surface area contributed by atoms with Gasteiger partial charge >= 0.3 is 11.9 Å². The highest BCUT2D eigenvalue weighted by Gasteiger charge is 2.23. The van der Waals surface area contributed by atoms with Crippen molar-refractivity contribution in [1.82, 2.24) is 15.3 Å². The van der Waals surface area contributed by atoms with Crippen molar-refractivity contribution in [3.63, 3.8) is 0 Å². The minimum Gasteiger partial charge on any atom is -0.490 e. The van der Waals surface area contributed by atoms with Crippen LogP contribution in [0.25, 0.3) is 27.4 Å². The van der Waals surface area contributed by atoms with E-state index in [-0.39, 0.29) is 79.6 Å². The topological polar surface area (TPSA) is 305 Å². The summed E-state index contributed by atoms with van der Waals surface area (Å²) in [6.07, 6.45) is 4.37. The number of unbranched alkanes of at least 4 members (excludes halogenated alkanes) is 2. The van der Waals surface area contributed by atoms with Gasteiger partial charge in [-0.25, -0.2) is 14.8 Å². The molecule has 20 heteroatoms. The Morgan fingerprint density at radius 2 is 1.55 bits per heavy atom. The molecule has 0 saturated carbocycles. The summed E-state index contributed by atoms with van der Waals surface area (Å²) in [7, 11) is 0. The van der Waals surface area contributed by atoms with Gasteiger partial charge in [-0.05, 0) is 87.2 Å². The number of nitrogen functional groups attached to an aromatic ring is 1. The predicted octanol–water partition coefficient (Wildman–Crippen LogP) is 5.35. The summed E-state index contributed by atoms with van der Waals surface area (Å²) in [5.41, 5.74) is 31.4. The van der Waals surface area contributed by atoms with Crippen LogP contribution in [0.5, 0.6) is 5.75 Å². The quantitative estimate of drug-likeness (QED) is 0.0181. The predicted molar refractivity (Wildman–Crippen MR) is 246 cm³/mol. The normalized spacial score (nSPS) is 12.3. The van der Waals surface area contributed by atoms with Gasteiger partial charge in [0.1, 0.15) is 47.9 Å². The number of esters is 2. The minimum atomic E-state index is -1.06. The number of Topliss-reactive ketones (excluding diaryl/α,β-unsaturated/α-hetero) is 1. The number of carbonyl (C=O) groups is 4. The number of amides is 1. The molecule has 18 nitrogen and oxygen atoms in total. The SMILES string of the molecule is [C-]#[N+]c1c(N)nc(SCc2coc(-c3ccc(Cl)cc3)n2)c(C#N)c1-c1ccc(OC[C@@H](COC(=O)CCNC(=O)[C@@H](N)CCCCN)OC(=O)CCCC(=O)[C@@H](N)CCCCN)cc1. The van der Waals surface area contributed by atoms with E-state index in [9.17, 15) is 24.4 Å². The van der Waals surface area contributed by atoms with Crippen molar-refractivity contribution in [2.45, 2.75) is 93.2 Å². The van der Waals surface area contributed by atoms with E-state index in [1.807, 2.05) is 0 Å². The fraction of sp³-hybridized carbons (Fsp3) is 0.422. The monoisotopic (exact) mass is 930 g/mol. The summed E-state index contributed by atoms with van der Waals surface area (Å²) in [5, 5.41) is 13.8. The number of hydrogen-bond donors (Lipinski definition) is 6. The van der Waals surface area contributed by atoms with E-state index >= 15 is 0 Å². The first-order chi connectivity index (χ1) is 31.4. The lowest BCUT2D eigenvalue weighted by atomic mass is 10.00. The first kappa shape index (κ1) is 51.6. The molecule has 2 aromatic heterocycles. The number of thioether (sulfide) groups is 1. The van der Waals surface area contributed by atoms with Gasteiger partial charge in [0.15, 0.2) is 6.10 Å². The zero-order valence-corrected chi connectivity index (χ0v) is 37.5. The number of carbonyl (C=O) groups excluding carboxylic acids is 4. The molecule has 0 unspecified atom stereocenters. The van der Waals surface area contributed by atoms with Crippen LogP contribution >= 0.6 is 23.4 Å². The Bertz CT molecular complexity index is 2280. The second kappa shape index (κ2) is 27.3. The standard InChI is InChI=1S/C45H55ClN10O8S/c1-53-41-40(34(23-49)45(56-42(41)52)65-27-31-24-63-44(55-31)29-11-15-30(46)16-12-29)28-13-17-32(18-14-28)61-25-33(64-39(59)10-6-9-37(57)35(50)7-2-4-20-47)26-62-38(58)19-22-54-43(60)36(51)8-3-5-21-48/h11-18,24,33,35-36H,2-10,19-22,25-27,47-48,50-51H2,(H2,52,56)(H,54,60)/t33-,35-,36-/m0/s1. The molecule has 0 aliphatic heterocycles. The molecule has 65 heavy (non-hydrogen) atoms. The number of hydrogen-bond acceptors (Lipinski definition) is 17. The summed E-state index contributed by atoms with van der Waals surface area (Å²) in [4.78, 5) is 62.9. The number of oxazole rings is 1. The van der Waals surface area contributed by atoms with Crippen molar-refractivity contribution in [2.24, 2.45) is 22.9 Å². The average Bonchev–Trinajstić information content (AvgIpc) is 3.78. The molecule has 0 fully saturated rings. The third kappa shape index (κ3) is 16.8. The number of aromatic nitrogens is 2. The Kier molecular flexibility index (Phi) is 21.7. The lowest BCUT2D eigenvalue weighted by Gasteiger charge is -2.19. The highest BCUT2D eigenvalue weighted by molar-refractivity contribution is 7.98. The Labute approximate surface area is 387 Å². The van der Waals surface area contributed by atoms with Gasteiger partial charge in [-0.3, -0.25) is 19.2 Å². The molecular formula is C45H55ClN10O8S. The fourth-order valence-corrected chi connectivity index (χ4v) is 7.26. The molecule has 0 radical (unpaired) electrons. The first-order valence-corrected chi connectivity index (χ1v) is 22.5. The Morgan fingerprint density at radius 3 is 2.22 bits per heavy atom. The molecule has 2 aromatic carbocycles. The third-order valence-corrected chi connectivity index (χ3v) is 11.1. The van der Waals surface area contributed by atoms with Crippen LogP contribution in [-0.2, 0) is 34.4 Å². The maximum atomic E-state index is 12.9. The summed E-state index contributed by atoms with van der Waals surface area (Å²) < 4.78 is 22.6. The Balaban J connectivity index is 1.41. The van der Waals surface area contributed by atoms with Gasteiger partial charge in [0.05, 0.1) is 36.3 Å². The van der Waals surface area contributed by atoms with Gasteiger partial charge in [0.25, 0.3) is 0 Å². The van der Waals surface area contributed by atoms with Crippen molar-refractivity contribution < 1.29 is 37.8 Å². The van der Waals surface area contributed by atoms with E-state index in [2.05, 4.69) is 26.2 Å². The number of halogens is 1. The van der Waals surface area contributed by atoms with E-state index in [0.29, 0.717) is 65.3 Å². The molecule has 0 spiro atoms. The first-order valence-electron chi connectivity index (χ1n) is 21.1. The molecule has 2 heterocycles. The number of nitrogens with zero attached hydrogens (tertiary/aromatic N) is 4. The van der Waals surface area contributed by atoms with E-state index in [0.717, 1.165) is 24.8 Å². The van der Waals surface area contributed by atoms with Crippen molar-refractivity contribution in [2.75, 3.05) is 38.6 Å². The number of nitriles is 1. The smallest absolute Gasteiger partial charge is 0.307 e. The molecule has 11 N–H and O–H groups in total. The number of nitrogens with two attached hydrogens (primary N) is 5. The third-order valence-electron chi connectivity index (χ3n) is 9.82. The Morgan fingerprint density at radius 1 is 0.877 bits per heavy atom. The lowest BCUT2D eigenvalue weighted by molar-refractivity contribution is -0.161. The van der Waals surface area contributed by atoms with Crippen LogP contribution in [0.2, 0.25) is 5.02 Å². The number of benzene rings is 2. The summed E-state index contributed by atoms with van der Waals surface area (Å²) in [6, 6.07) is 14.3. The van der Waals surface area contributed by atoms with Gasteiger partial charge in [0.2, 0.25) is 17.5 Å². The minimum absolute atomic E-state index is 0.0000204. The molecule has 1 amide bonds. The van der Waals surface area contributed by atoms with Gasteiger partial charge in [-0.2, -0.15) is 5.26 Å². The van der Waals surface area contributed by atoms with Gasteiger partial charge in [-0.1, -0.05) is 48.3 Å². The molecule has 346 valence electrons. The van der Waals surface area contributed by atoms with Crippen LogP contribution in [0.4, 0.5) is 11.5 Å². The molecule has 4 rings (SSSR count). The molecule has 0 aliphatic carbocycles. The van der Waals surface area contributed by atoms with E-state index in [1.165, 1.54) is 18.0 Å². The van der Waals surface area contributed by atoms with Crippen molar-refractivity contribution >= 4 is 58.5 Å². The van der Waals surface area contributed by atoms with Gasteiger partial charge in [0, 0.05) is 41.3 Å². The number of ketones is 1. The van der Waals surface area contributed by atoms with Crippen LogP contribution < -0.4 is 38.7 Å². The number of anilines is 1. The van der Waals surface area contributed by atoms with Crippen LogP contribution in [0.3, 0.4) is 0 Å². The lowest BCUT2D eigenvalue weighted by Crippen LogP contribution is -2.41. The van der Waals surface area contributed by atoms with Crippen LogP contribution in [0.1, 0.15) is 75.5 Å². The highest BCUT2D eigenvalue weighted by atomic mass is 35.5. The largest absolute Gasteiger partial charge is 0.490 e. The summed E-state index contributed by atoms with van der Waals surface area (Å²) in [5.74, 6) is -0.925. The number of rotatable bonds is 28. The zero-order valence-electron chi connectivity index (χ0n) is 36.0. The zero-order chi connectivity index (χ0) is 47.1. The second-order valence-electron chi connectivity index (χ2n) is 14.8. The molecule has 3 atom stereocenters. The molecule has 0 saturated heterocycles. The number of ether oxygens (including phenoxy) is 3. The maximum Gasteiger partial charge on any atom is 0.307 e. The molecule has 0 bridgehead atoms. The second-order valence-corrected chi connectivity index (χ2v) is 16.2.